The molecule has 0 aliphatic heterocycles. The minimum Gasteiger partial charge on any atom is -0.466 e. The zero-order valence-corrected chi connectivity index (χ0v) is 13.2. The Labute approximate surface area is 118 Å². The van der Waals surface area contributed by atoms with Crippen LogP contribution in [0, 0.1) is 18.3 Å². The van der Waals surface area contributed by atoms with Gasteiger partial charge in [-0.05, 0) is 37.3 Å². The molecule has 108 valence electrons. The van der Waals surface area contributed by atoms with E-state index in [1.807, 2.05) is 0 Å². The first-order valence-corrected chi connectivity index (χ1v) is 7.77. The smallest absolute Gasteiger partial charge is 0.109 e. The normalized spacial score (nSPS) is 21.7. The Morgan fingerprint density at radius 2 is 2.05 bits per heavy atom. The summed E-state index contributed by atoms with van der Waals surface area (Å²) in [4.78, 5) is 0. The van der Waals surface area contributed by atoms with E-state index >= 15 is 0 Å². The molecule has 0 bridgehead atoms. The van der Waals surface area contributed by atoms with Gasteiger partial charge in [0.25, 0.3) is 0 Å². The first-order chi connectivity index (χ1) is 8.95. The van der Waals surface area contributed by atoms with Crippen LogP contribution in [0.3, 0.4) is 0 Å². The summed E-state index contributed by atoms with van der Waals surface area (Å²) in [6, 6.07) is 2.70. The Morgan fingerprint density at radius 1 is 1.37 bits per heavy atom. The third kappa shape index (κ3) is 3.42. The highest BCUT2D eigenvalue weighted by molar-refractivity contribution is 5.29. The highest BCUT2D eigenvalue weighted by Gasteiger charge is 2.34. The number of rotatable bonds is 5. The van der Waals surface area contributed by atoms with E-state index < -0.39 is 0 Å². The summed E-state index contributed by atoms with van der Waals surface area (Å²) in [5.74, 6) is 3.05. The van der Waals surface area contributed by atoms with Gasteiger partial charge in [0.2, 0.25) is 0 Å². The van der Waals surface area contributed by atoms with Gasteiger partial charge < -0.3 is 9.73 Å². The van der Waals surface area contributed by atoms with Gasteiger partial charge >= 0.3 is 0 Å². The number of hydrogen-bond donors (Lipinski definition) is 1. The molecular formula is C17H29NO. The van der Waals surface area contributed by atoms with Crippen LogP contribution in [0.2, 0.25) is 0 Å². The standard InChI is InChI=1S/C17H29NO/c1-6-13(7-2)11-18-15-9-17(4,5)10-16-14(15)8-12(3)19-16/h8,13,15,18H,6-7,9-11H2,1-5H3. The van der Waals surface area contributed by atoms with Crippen LogP contribution < -0.4 is 5.32 Å². The summed E-state index contributed by atoms with van der Waals surface area (Å²) in [5.41, 5.74) is 1.74. The molecule has 2 nitrogen and oxygen atoms in total. The van der Waals surface area contributed by atoms with Crippen LogP contribution in [0.25, 0.3) is 0 Å². The Balaban J connectivity index is 2.11. The molecule has 1 unspecified atom stereocenters. The number of aryl methyl sites for hydroxylation is 1. The molecule has 1 aliphatic rings. The number of nitrogens with one attached hydrogen (secondary N) is 1. The lowest BCUT2D eigenvalue weighted by atomic mass is 9.74. The third-order valence-corrected chi connectivity index (χ3v) is 4.54. The lowest BCUT2D eigenvalue weighted by Crippen LogP contribution is -2.35. The monoisotopic (exact) mass is 263 g/mol. The first-order valence-electron chi connectivity index (χ1n) is 7.77. The molecular weight excluding hydrogens is 234 g/mol. The largest absolute Gasteiger partial charge is 0.466 e. The van der Waals surface area contributed by atoms with Crippen LogP contribution in [0.1, 0.15) is 70.1 Å². The van der Waals surface area contributed by atoms with E-state index in [2.05, 4.69) is 46.0 Å². The van der Waals surface area contributed by atoms with Gasteiger partial charge in [0.15, 0.2) is 0 Å². The molecule has 1 N–H and O–H groups in total. The number of fused-ring (bicyclic) bond motifs is 1. The molecule has 1 aromatic rings. The summed E-state index contributed by atoms with van der Waals surface area (Å²) < 4.78 is 5.89. The van der Waals surface area contributed by atoms with Gasteiger partial charge in [-0.25, -0.2) is 0 Å². The van der Waals surface area contributed by atoms with Crippen LogP contribution >= 0.6 is 0 Å². The molecule has 1 aromatic heterocycles. The summed E-state index contributed by atoms with van der Waals surface area (Å²) in [5, 5.41) is 3.79. The van der Waals surface area contributed by atoms with E-state index in [1.54, 1.807) is 0 Å². The van der Waals surface area contributed by atoms with Crippen molar-refractivity contribution >= 4 is 0 Å². The quantitative estimate of drug-likeness (QED) is 0.838. The van der Waals surface area contributed by atoms with Crippen LogP contribution in [0.5, 0.6) is 0 Å². The molecule has 1 aliphatic carbocycles. The second-order valence-electron chi connectivity index (χ2n) is 6.92. The number of hydrogen-bond acceptors (Lipinski definition) is 2. The van der Waals surface area contributed by atoms with E-state index in [-0.39, 0.29) is 0 Å². The van der Waals surface area contributed by atoms with Crippen molar-refractivity contribution in [3.05, 3.63) is 23.2 Å². The molecule has 0 saturated carbocycles. The fraction of sp³-hybridized carbons (Fsp3) is 0.765. The third-order valence-electron chi connectivity index (χ3n) is 4.54. The summed E-state index contributed by atoms with van der Waals surface area (Å²) in [7, 11) is 0. The van der Waals surface area contributed by atoms with E-state index in [0.717, 1.165) is 24.6 Å². The van der Waals surface area contributed by atoms with Crippen LogP contribution in [-0.4, -0.2) is 6.54 Å². The maximum absolute atomic E-state index is 5.89. The van der Waals surface area contributed by atoms with Gasteiger partial charge in [-0.15, -0.1) is 0 Å². The Morgan fingerprint density at radius 3 is 2.68 bits per heavy atom. The molecule has 19 heavy (non-hydrogen) atoms. The van der Waals surface area contributed by atoms with Gasteiger partial charge in [-0.3, -0.25) is 0 Å². The molecule has 1 atom stereocenters. The van der Waals surface area contributed by atoms with Crippen LogP contribution in [0.4, 0.5) is 0 Å². The van der Waals surface area contributed by atoms with Gasteiger partial charge in [0.1, 0.15) is 11.5 Å². The molecule has 0 radical (unpaired) electrons. The Bertz CT molecular complexity index is 415. The zero-order valence-electron chi connectivity index (χ0n) is 13.2. The Kier molecular flexibility index (Phi) is 4.39. The van der Waals surface area contributed by atoms with Crippen LogP contribution in [0.15, 0.2) is 10.5 Å². The Hall–Kier alpha value is -0.760. The van der Waals surface area contributed by atoms with Gasteiger partial charge in [0.05, 0.1) is 0 Å². The average Bonchev–Trinajstić information content (AvgIpc) is 2.69. The van der Waals surface area contributed by atoms with Crippen molar-refractivity contribution in [2.24, 2.45) is 11.3 Å². The van der Waals surface area contributed by atoms with Gasteiger partial charge in [-0.1, -0.05) is 40.5 Å². The number of furan rings is 1. The van der Waals surface area contributed by atoms with E-state index in [0.29, 0.717) is 11.5 Å². The summed E-state index contributed by atoms with van der Waals surface area (Å²) >= 11 is 0. The highest BCUT2D eigenvalue weighted by Crippen LogP contribution is 2.42. The minimum absolute atomic E-state index is 0.336. The van der Waals surface area contributed by atoms with Crippen molar-refractivity contribution in [1.82, 2.24) is 5.32 Å². The lowest BCUT2D eigenvalue weighted by Gasteiger charge is -2.35. The maximum atomic E-state index is 5.89. The predicted octanol–water partition coefficient (Wildman–Crippen LogP) is 4.63. The van der Waals surface area contributed by atoms with E-state index in [4.69, 9.17) is 4.42 Å². The minimum atomic E-state index is 0.336. The van der Waals surface area contributed by atoms with Gasteiger partial charge in [0, 0.05) is 18.0 Å². The molecule has 0 saturated heterocycles. The highest BCUT2D eigenvalue weighted by atomic mass is 16.3. The summed E-state index contributed by atoms with van der Waals surface area (Å²) in [6.07, 6.45) is 4.80. The van der Waals surface area contributed by atoms with Gasteiger partial charge in [-0.2, -0.15) is 0 Å². The summed E-state index contributed by atoms with van der Waals surface area (Å²) in [6.45, 7) is 12.4. The molecule has 2 rings (SSSR count). The van der Waals surface area contributed by atoms with Crippen molar-refractivity contribution < 1.29 is 4.42 Å². The zero-order chi connectivity index (χ0) is 14.0. The molecule has 0 aromatic carbocycles. The SMILES string of the molecule is CCC(CC)CNC1CC(C)(C)Cc2oc(C)cc21. The first kappa shape index (κ1) is 14.6. The fourth-order valence-electron chi connectivity index (χ4n) is 3.25. The van der Waals surface area contributed by atoms with Crippen molar-refractivity contribution in [2.45, 2.75) is 66.3 Å². The fourth-order valence-corrected chi connectivity index (χ4v) is 3.25. The topological polar surface area (TPSA) is 25.2 Å². The van der Waals surface area contributed by atoms with Crippen molar-refractivity contribution in [3.8, 4) is 0 Å². The van der Waals surface area contributed by atoms with Crippen molar-refractivity contribution in [1.29, 1.82) is 0 Å². The molecule has 2 heteroatoms. The molecule has 1 heterocycles. The second kappa shape index (κ2) is 5.70. The van der Waals surface area contributed by atoms with Crippen LogP contribution in [-0.2, 0) is 6.42 Å². The van der Waals surface area contributed by atoms with E-state index in [9.17, 15) is 0 Å². The molecule has 0 fully saturated rings. The van der Waals surface area contributed by atoms with Crippen molar-refractivity contribution in [2.75, 3.05) is 6.54 Å². The lowest BCUT2D eigenvalue weighted by molar-refractivity contribution is 0.228. The maximum Gasteiger partial charge on any atom is 0.109 e. The molecule has 0 amide bonds. The molecule has 0 spiro atoms. The average molecular weight is 263 g/mol. The predicted molar refractivity (Wildman–Crippen MR) is 80.4 cm³/mol. The van der Waals surface area contributed by atoms with Crippen molar-refractivity contribution in [3.63, 3.8) is 0 Å². The van der Waals surface area contributed by atoms with E-state index in [1.165, 1.54) is 30.6 Å². The second-order valence-corrected chi connectivity index (χ2v) is 6.92.